The minimum absolute atomic E-state index is 0.00392. The number of amides is 2. The average Bonchev–Trinajstić information content (AvgIpc) is 2.99. The molecule has 1 aromatic carbocycles. The zero-order valence-corrected chi connectivity index (χ0v) is 13.8. The van der Waals surface area contributed by atoms with Crippen LogP contribution in [-0.2, 0) is 9.59 Å². The van der Waals surface area contributed by atoms with Gasteiger partial charge in [0.05, 0.1) is 13.7 Å². The Morgan fingerprint density at radius 3 is 2.57 bits per heavy atom. The first-order chi connectivity index (χ1) is 11.1. The molecule has 1 unspecified atom stereocenters. The summed E-state index contributed by atoms with van der Waals surface area (Å²) in [6.45, 7) is 3.69. The Hall–Kier alpha value is -2.08. The van der Waals surface area contributed by atoms with E-state index in [-0.39, 0.29) is 17.9 Å². The van der Waals surface area contributed by atoms with E-state index in [1.807, 2.05) is 12.1 Å². The fourth-order valence-electron chi connectivity index (χ4n) is 2.90. The highest BCUT2D eigenvalue weighted by Gasteiger charge is 2.27. The molecule has 6 nitrogen and oxygen atoms in total. The molecule has 1 aromatic rings. The SMILES string of the molecule is COc1ccc(C2CCCN2CC(=O)NCCNC(C)=O)cc1. The summed E-state index contributed by atoms with van der Waals surface area (Å²) in [6.07, 6.45) is 2.15. The number of hydrogen-bond donors (Lipinski definition) is 2. The van der Waals surface area contributed by atoms with Crippen molar-refractivity contribution in [3.63, 3.8) is 0 Å². The van der Waals surface area contributed by atoms with Gasteiger partial charge in [-0.1, -0.05) is 12.1 Å². The van der Waals surface area contributed by atoms with Gasteiger partial charge in [-0.15, -0.1) is 0 Å². The van der Waals surface area contributed by atoms with Gasteiger partial charge in [0.1, 0.15) is 5.75 Å². The second kappa shape index (κ2) is 8.53. The van der Waals surface area contributed by atoms with Gasteiger partial charge in [-0.25, -0.2) is 0 Å². The molecule has 2 amide bonds. The smallest absolute Gasteiger partial charge is 0.234 e. The lowest BCUT2D eigenvalue weighted by molar-refractivity contribution is -0.123. The summed E-state index contributed by atoms with van der Waals surface area (Å²) in [6, 6.07) is 8.33. The van der Waals surface area contributed by atoms with E-state index < -0.39 is 0 Å². The molecule has 0 aromatic heterocycles. The number of hydrogen-bond acceptors (Lipinski definition) is 4. The predicted octanol–water partition coefficient (Wildman–Crippen LogP) is 1.08. The topological polar surface area (TPSA) is 70.7 Å². The molecule has 0 radical (unpaired) electrons. The molecular formula is C17H25N3O3. The molecule has 6 heteroatoms. The van der Waals surface area contributed by atoms with Crippen molar-refractivity contribution in [1.82, 2.24) is 15.5 Å². The fourth-order valence-corrected chi connectivity index (χ4v) is 2.90. The zero-order valence-electron chi connectivity index (χ0n) is 13.8. The molecule has 0 aliphatic carbocycles. The van der Waals surface area contributed by atoms with Crippen LogP contribution < -0.4 is 15.4 Å². The molecule has 1 fully saturated rings. The van der Waals surface area contributed by atoms with E-state index in [4.69, 9.17) is 4.74 Å². The van der Waals surface area contributed by atoms with Crippen LogP contribution in [0, 0.1) is 0 Å². The number of carbonyl (C=O) groups is 2. The molecule has 0 saturated carbocycles. The molecule has 0 spiro atoms. The Morgan fingerprint density at radius 2 is 1.91 bits per heavy atom. The Bertz CT molecular complexity index is 530. The van der Waals surface area contributed by atoms with E-state index in [1.165, 1.54) is 12.5 Å². The summed E-state index contributed by atoms with van der Waals surface area (Å²) in [5.74, 6) is 0.753. The predicted molar refractivity (Wildman–Crippen MR) is 88.2 cm³/mol. The van der Waals surface area contributed by atoms with E-state index in [1.54, 1.807) is 7.11 Å². The lowest BCUT2D eigenvalue weighted by Crippen LogP contribution is -2.40. The van der Waals surface area contributed by atoms with Gasteiger partial charge in [0, 0.05) is 26.1 Å². The van der Waals surface area contributed by atoms with Crippen LogP contribution in [0.2, 0.25) is 0 Å². The zero-order chi connectivity index (χ0) is 16.7. The van der Waals surface area contributed by atoms with Crippen LogP contribution in [0.1, 0.15) is 31.4 Å². The molecule has 1 atom stereocenters. The number of rotatable bonds is 7. The monoisotopic (exact) mass is 319 g/mol. The van der Waals surface area contributed by atoms with Crippen LogP contribution in [0.25, 0.3) is 0 Å². The minimum atomic E-state index is -0.0849. The maximum Gasteiger partial charge on any atom is 0.234 e. The van der Waals surface area contributed by atoms with Gasteiger partial charge in [0.15, 0.2) is 0 Å². The van der Waals surface area contributed by atoms with Crippen LogP contribution in [0.4, 0.5) is 0 Å². The van der Waals surface area contributed by atoms with E-state index in [2.05, 4.69) is 27.7 Å². The summed E-state index contributed by atoms with van der Waals surface area (Å²) in [7, 11) is 1.65. The summed E-state index contributed by atoms with van der Waals surface area (Å²) in [5.41, 5.74) is 1.22. The number of benzene rings is 1. The summed E-state index contributed by atoms with van der Waals surface area (Å²) >= 11 is 0. The van der Waals surface area contributed by atoms with Crippen molar-refractivity contribution in [2.75, 3.05) is 33.3 Å². The number of nitrogens with one attached hydrogen (secondary N) is 2. The van der Waals surface area contributed by atoms with Crippen molar-refractivity contribution in [2.24, 2.45) is 0 Å². The van der Waals surface area contributed by atoms with E-state index in [9.17, 15) is 9.59 Å². The molecule has 126 valence electrons. The van der Waals surface area contributed by atoms with Crippen molar-refractivity contribution in [3.8, 4) is 5.75 Å². The summed E-state index contributed by atoms with van der Waals surface area (Å²) in [5, 5.41) is 5.50. The average molecular weight is 319 g/mol. The Balaban J connectivity index is 1.83. The first kappa shape index (κ1) is 17.3. The van der Waals surface area contributed by atoms with Crippen molar-refractivity contribution < 1.29 is 14.3 Å². The normalized spacial score (nSPS) is 17.7. The first-order valence-corrected chi connectivity index (χ1v) is 7.99. The third kappa shape index (κ3) is 5.25. The van der Waals surface area contributed by atoms with Crippen molar-refractivity contribution in [3.05, 3.63) is 29.8 Å². The van der Waals surface area contributed by atoms with Crippen LogP contribution in [0.15, 0.2) is 24.3 Å². The molecule has 1 aliphatic rings. The quantitative estimate of drug-likeness (QED) is 0.738. The Morgan fingerprint density at radius 1 is 1.22 bits per heavy atom. The number of methoxy groups -OCH3 is 1. The number of carbonyl (C=O) groups excluding carboxylic acids is 2. The number of ether oxygens (including phenoxy) is 1. The third-order valence-electron chi connectivity index (χ3n) is 4.03. The summed E-state index contributed by atoms with van der Waals surface area (Å²) < 4.78 is 5.19. The maximum absolute atomic E-state index is 12.0. The van der Waals surface area contributed by atoms with Crippen molar-refractivity contribution >= 4 is 11.8 Å². The molecule has 1 heterocycles. The molecule has 1 aliphatic heterocycles. The molecular weight excluding hydrogens is 294 g/mol. The number of likely N-dealkylation sites (tertiary alicyclic amines) is 1. The maximum atomic E-state index is 12.0. The first-order valence-electron chi connectivity index (χ1n) is 7.99. The number of nitrogens with zero attached hydrogens (tertiary/aromatic N) is 1. The van der Waals surface area contributed by atoms with Gasteiger partial charge in [0.2, 0.25) is 11.8 Å². The molecule has 2 rings (SSSR count). The van der Waals surface area contributed by atoms with Crippen molar-refractivity contribution in [1.29, 1.82) is 0 Å². The van der Waals surface area contributed by atoms with Gasteiger partial charge in [0.25, 0.3) is 0 Å². The highest BCUT2D eigenvalue weighted by molar-refractivity contribution is 5.78. The standard InChI is InChI=1S/C17H25N3O3/c1-13(21)18-9-10-19-17(22)12-20-11-3-4-16(20)14-5-7-15(23-2)8-6-14/h5-8,16H,3-4,9-12H2,1-2H3,(H,18,21)(H,19,22). The lowest BCUT2D eigenvalue weighted by Gasteiger charge is -2.24. The van der Waals surface area contributed by atoms with Crippen LogP contribution in [0.3, 0.4) is 0 Å². The Kier molecular flexibility index (Phi) is 6.40. The molecule has 23 heavy (non-hydrogen) atoms. The highest BCUT2D eigenvalue weighted by Crippen LogP contribution is 2.32. The van der Waals surface area contributed by atoms with Gasteiger partial charge in [-0.3, -0.25) is 14.5 Å². The lowest BCUT2D eigenvalue weighted by atomic mass is 10.0. The van der Waals surface area contributed by atoms with Crippen molar-refractivity contribution in [2.45, 2.75) is 25.8 Å². The van der Waals surface area contributed by atoms with Crippen LogP contribution >= 0.6 is 0 Å². The van der Waals surface area contributed by atoms with Crippen LogP contribution in [0.5, 0.6) is 5.75 Å². The van der Waals surface area contributed by atoms with E-state index >= 15 is 0 Å². The van der Waals surface area contributed by atoms with Gasteiger partial charge >= 0.3 is 0 Å². The fraction of sp³-hybridized carbons (Fsp3) is 0.529. The van der Waals surface area contributed by atoms with Gasteiger partial charge < -0.3 is 15.4 Å². The summed E-state index contributed by atoms with van der Waals surface area (Å²) in [4.78, 5) is 25.0. The molecule has 1 saturated heterocycles. The third-order valence-corrected chi connectivity index (χ3v) is 4.03. The van der Waals surface area contributed by atoms with Crippen LogP contribution in [-0.4, -0.2) is 50.0 Å². The second-order valence-corrected chi connectivity index (χ2v) is 5.73. The molecule has 2 N–H and O–H groups in total. The van der Waals surface area contributed by atoms with E-state index in [0.717, 1.165) is 25.1 Å². The molecule has 0 bridgehead atoms. The van der Waals surface area contributed by atoms with Gasteiger partial charge in [-0.05, 0) is 37.1 Å². The second-order valence-electron chi connectivity index (χ2n) is 5.73. The highest BCUT2D eigenvalue weighted by atomic mass is 16.5. The van der Waals surface area contributed by atoms with Gasteiger partial charge in [-0.2, -0.15) is 0 Å². The Labute approximate surface area is 137 Å². The largest absolute Gasteiger partial charge is 0.497 e. The van der Waals surface area contributed by atoms with E-state index in [0.29, 0.717) is 19.6 Å². The minimum Gasteiger partial charge on any atom is -0.497 e.